The van der Waals surface area contributed by atoms with Gasteiger partial charge in [0, 0.05) is 47.8 Å². The van der Waals surface area contributed by atoms with E-state index in [9.17, 15) is 0 Å². The van der Waals surface area contributed by atoms with Crippen LogP contribution in [0.15, 0.2) is 72.8 Å². The smallest absolute Gasteiger partial charge is 0.244 e. The van der Waals surface area contributed by atoms with Gasteiger partial charge in [0.1, 0.15) is 13.9 Å². The van der Waals surface area contributed by atoms with Gasteiger partial charge in [0.25, 0.3) is 0 Å². The lowest BCUT2D eigenvalue weighted by molar-refractivity contribution is -0.157. The maximum atomic E-state index is 15.3. The zero-order chi connectivity index (χ0) is 39.7. The van der Waals surface area contributed by atoms with E-state index in [-0.39, 0.29) is 12.5 Å². The van der Waals surface area contributed by atoms with Crippen molar-refractivity contribution >= 4 is 75.7 Å². The maximum Gasteiger partial charge on any atom is 0.244 e. The molecule has 15 heteroatoms. The van der Waals surface area contributed by atoms with Gasteiger partial charge in [-0.3, -0.25) is 9.89 Å². The van der Waals surface area contributed by atoms with E-state index in [0.29, 0.717) is 11.7 Å². The number of allylic oxidation sites excluding steroid dienone is 1. The number of nitrogens with one attached hydrogen (secondary N) is 3. The minimum absolute atomic E-state index is 0.166. The number of H-pyrrole nitrogens is 1. The molecule has 9 nitrogen and oxygen atoms in total. The number of carbonyl (C=O) groups excluding carboxylic acids is 1. The Hall–Kier alpha value is -3.69. The minimum atomic E-state index is -2.14. The molecule has 0 saturated carbocycles. The first kappa shape index (κ1) is 39.5. The quantitative estimate of drug-likeness (QED) is 0.309. The van der Waals surface area contributed by atoms with Crippen LogP contribution in [0.3, 0.4) is 0 Å². The zero-order valence-electron chi connectivity index (χ0n) is 32.7. The van der Waals surface area contributed by atoms with Crippen LogP contribution in [0.1, 0.15) is 56.2 Å². The number of aryl methyl sites for hydroxylation is 1. The summed E-state index contributed by atoms with van der Waals surface area (Å²) in [5, 5.41) is 11.1. The Kier molecular flexibility index (Phi) is 10.3. The van der Waals surface area contributed by atoms with Crippen LogP contribution in [-0.4, -0.2) is 150 Å². The summed E-state index contributed by atoms with van der Waals surface area (Å²) >= 11 is 0. The number of piperazine rings is 1. The van der Waals surface area contributed by atoms with Crippen molar-refractivity contribution in [1.29, 1.82) is 0 Å². The molecule has 3 N–H and O–H groups in total. The van der Waals surface area contributed by atoms with Crippen LogP contribution < -0.4 is 10.6 Å². The number of hydrogen-bond acceptors (Lipinski definition) is 7. The average Bonchev–Trinajstić information content (AvgIpc) is 3.60. The number of amides is 1. The number of para-hydroxylation sites is 1. The van der Waals surface area contributed by atoms with Crippen molar-refractivity contribution in [1.82, 2.24) is 35.1 Å². The van der Waals surface area contributed by atoms with Crippen molar-refractivity contribution in [3.05, 3.63) is 89.5 Å². The normalized spacial score (nSPS) is 26.9. The standard InChI is InChI=1S/C40H48B6N8O/c1-24-19-27(20-30-23-47-50-35(24)30)21-34(49-26(3)52-17-11-28(12-18-52)32-22-29-9-7-8-10-33(29)48-25(32)2)36(55)54-38(5,42)37(4,41)53(39(43,44)40(54,45)46)31-13-15-51(6)16-14-31/h7-10,19-20,22-23,28,31,34,48-49H,2-3,11-18,21H2,1,4-6H3,(H,47,50). The van der Waals surface area contributed by atoms with Crippen molar-refractivity contribution in [2.45, 2.75) is 86.5 Å². The Morgan fingerprint density at radius 1 is 0.982 bits per heavy atom. The fourth-order valence-corrected chi connectivity index (χ4v) is 9.32. The highest BCUT2D eigenvalue weighted by atomic mass is 16.2. The third-order valence-corrected chi connectivity index (χ3v) is 12.8. The summed E-state index contributed by atoms with van der Waals surface area (Å²) in [6.07, 6.45) is 7.48. The summed E-state index contributed by atoms with van der Waals surface area (Å²) in [4.78, 5) is 22.7. The van der Waals surface area contributed by atoms with Gasteiger partial charge < -0.3 is 30.2 Å². The number of piperidine rings is 2. The van der Waals surface area contributed by atoms with Crippen LogP contribution >= 0.6 is 0 Å². The zero-order valence-corrected chi connectivity index (χ0v) is 32.7. The van der Waals surface area contributed by atoms with Crippen molar-refractivity contribution < 1.29 is 4.79 Å². The van der Waals surface area contributed by atoms with Gasteiger partial charge >= 0.3 is 0 Å². The molecule has 4 aliphatic heterocycles. The summed E-state index contributed by atoms with van der Waals surface area (Å²) in [6.45, 7) is 17.3. The van der Waals surface area contributed by atoms with Gasteiger partial charge in [-0.05, 0) is 122 Å². The molecule has 7 rings (SSSR count). The molecule has 0 spiro atoms. The fourth-order valence-electron chi connectivity index (χ4n) is 9.32. The van der Waals surface area contributed by atoms with E-state index in [2.05, 4.69) is 69.0 Å². The second-order valence-corrected chi connectivity index (χ2v) is 16.7. The summed E-state index contributed by atoms with van der Waals surface area (Å²) in [5.41, 5.74) is 4.14. The Morgan fingerprint density at radius 2 is 1.65 bits per heavy atom. The molecule has 272 valence electrons. The number of rotatable bonds is 8. The largest absolute Gasteiger partial charge is 0.360 e. The van der Waals surface area contributed by atoms with Gasteiger partial charge in [0.2, 0.25) is 5.91 Å². The number of benzene rings is 2. The number of likely N-dealkylation sites (tertiary alicyclic amines) is 2. The highest BCUT2D eigenvalue weighted by molar-refractivity contribution is 6.56. The number of nitrogens with zero attached hydrogens (tertiary/aromatic N) is 5. The van der Waals surface area contributed by atoms with Crippen LogP contribution in [0.2, 0.25) is 0 Å². The molecule has 12 radical (unpaired) electrons. The SMILES string of the molecule is [B]C1([B])N(C(=O)C(Cc2cc(C)c3[nH]ncc3c2)NC(=C)N2CCC(C3=Cc4ccccc4NC3=C)CC2)C([B])(C)C([B])(C)N(C2CCN(C)CC2)C1([B])[B]. The van der Waals surface area contributed by atoms with Gasteiger partial charge in [-0.15, -0.1) is 0 Å². The molecule has 2 aromatic carbocycles. The molecule has 55 heavy (non-hydrogen) atoms. The Bertz CT molecular complexity index is 1980. The number of aromatic amines is 1. The Balaban J connectivity index is 1.17. The molecule has 3 fully saturated rings. The van der Waals surface area contributed by atoms with Gasteiger partial charge in [-0.1, -0.05) is 44.3 Å². The summed E-state index contributed by atoms with van der Waals surface area (Å²) in [6, 6.07) is 11.2. The van der Waals surface area contributed by atoms with Gasteiger partial charge in [-0.25, -0.2) is 0 Å². The van der Waals surface area contributed by atoms with Crippen LogP contribution in [0.25, 0.3) is 17.0 Å². The first-order valence-electron chi connectivity index (χ1n) is 19.3. The summed E-state index contributed by atoms with van der Waals surface area (Å²) in [7, 11) is 44.4. The predicted molar refractivity (Wildman–Crippen MR) is 228 cm³/mol. The van der Waals surface area contributed by atoms with Gasteiger partial charge in [0.15, 0.2) is 0 Å². The van der Waals surface area contributed by atoms with Crippen molar-refractivity contribution in [2.75, 3.05) is 38.5 Å². The fraction of sp³-hybridized carbons (Fsp3) is 0.500. The third kappa shape index (κ3) is 6.81. The number of fused-ring (bicyclic) bond motifs is 2. The highest BCUT2D eigenvalue weighted by Crippen LogP contribution is 2.48. The number of carbonyl (C=O) groups is 1. The molecule has 4 aliphatic rings. The molecule has 1 aromatic heterocycles. The van der Waals surface area contributed by atoms with Crippen molar-refractivity contribution in [3.8, 4) is 0 Å². The van der Waals surface area contributed by atoms with Crippen molar-refractivity contribution in [3.63, 3.8) is 0 Å². The third-order valence-electron chi connectivity index (χ3n) is 12.8. The molecular weight excluding hydrogens is 673 g/mol. The molecule has 3 unspecified atom stereocenters. The second kappa shape index (κ2) is 14.4. The number of anilines is 1. The minimum Gasteiger partial charge on any atom is -0.360 e. The topological polar surface area (TPSA) is 82.8 Å². The summed E-state index contributed by atoms with van der Waals surface area (Å²) < 4.78 is 0. The Labute approximate surface area is 335 Å². The van der Waals surface area contributed by atoms with Crippen molar-refractivity contribution in [2.24, 2.45) is 5.92 Å². The van der Waals surface area contributed by atoms with Crippen LogP contribution in [0.5, 0.6) is 0 Å². The first-order chi connectivity index (χ1) is 25.8. The van der Waals surface area contributed by atoms with E-state index in [1.54, 1.807) is 24.9 Å². The number of aromatic nitrogens is 2. The van der Waals surface area contributed by atoms with Crippen LogP contribution in [-0.2, 0) is 11.2 Å². The molecule has 0 aliphatic carbocycles. The molecule has 1 amide bonds. The van der Waals surface area contributed by atoms with E-state index in [0.717, 1.165) is 90.8 Å². The predicted octanol–water partition coefficient (Wildman–Crippen LogP) is 2.57. The summed E-state index contributed by atoms with van der Waals surface area (Å²) in [5.74, 6) is 0.422. The van der Waals surface area contributed by atoms with Gasteiger partial charge in [-0.2, -0.15) is 5.10 Å². The van der Waals surface area contributed by atoms with E-state index in [1.165, 1.54) is 10.5 Å². The van der Waals surface area contributed by atoms with Crippen LogP contribution in [0.4, 0.5) is 5.69 Å². The average molecular weight is 722 g/mol. The number of hydrogen-bond donors (Lipinski definition) is 3. The molecule has 3 aromatic rings. The van der Waals surface area contributed by atoms with E-state index < -0.39 is 33.5 Å². The van der Waals surface area contributed by atoms with Crippen LogP contribution in [0, 0.1) is 12.8 Å². The lowest BCUT2D eigenvalue weighted by atomic mass is 9.31. The van der Waals surface area contributed by atoms with Gasteiger partial charge in [0.05, 0.1) is 56.8 Å². The molecule has 3 atom stereocenters. The lowest BCUT2D eigenvalue weighted by Crippen LogP contribution is -2.92. The second-order valence-electron chi connectivity index (χ2n) is 16.7. The maximum absolute atomic E-state index is 15.3. The highest BCUT2D eigenvalue weighted by Gasteiger charge is 2.63. The van der Waals surface area contributed by atoms with E-state index in [4.69, 9.17) is 47.1 Å². The first-order valence-corrected chi connectivity index (χ1v) is 19.3. The Morgan fingerprint density at radius 3 is 2.35 bits per heavy atom. The molecule has 3 saturated heterocycles. The molecule has 5 heterocycles. The molecular formula is C40H48B6N8O. The monoisotopic (exact) mass is 722 g/mol. The van der Waals surface area contributed by atoms with E-state index in [1.807, 2.05) is 31.2 Å². The molecule has 0 bridgehead atoms. The lowest BCUT2D eigenvalue weighted by Gasteiger charge is -2.76. The van der Waals surface area contributed by atoms with E-state index >= 15 is 4.79 Å².